The van der Waals surface area contributed by atoms with E-state index in [1.165, 1.54) is 12.5 Å². The number of carboxylic acid groups (broad SMARTS) is 1. The van der Waals surface area contributed by atoms with Crippen molar-refractivity contribution in [2.24, 2.45) is 0 Å². The van der Waals surface area contributed by atoms with Crippen molar-refractivity contribution >= 4 is 5.97 Å². The zero-order valence-electron chi connectivity index (χ0n) is 12.8. The Morgan fingerprint density at radius 3 is 2.79 bits per heavy atom. The van der Waals surface area contributed by atoms with Gasteiger partial charge in [0.15, 0.2) is 5.69 Å². The van der Waals surface area contributed by atoms with E-state index >= 15 is 0 Å². The van der Waals surface area contributed by atoms with Gasteiger partial charge in [0.05, 0.1) is 18.7 Å². The molecular weight excluding hydrogens is 306 g/mol. The van der Waals surface area contributed by atoms with Gasteiger partial charge in [-0.3, -0.25) is 0 Å². The lowest BCUT2D eigenvalue weighted by Gasteiger charge is -2.09. The van der Waals surface area contributed by atoms with E-state index in [9.17, 15) is 10.1 Å². The minimum atomic E-state index is -1.10. The molecular formula is C18H13N3O3. The number of aromatic carboxylic acids is 1. The van der Waals surface area contributed by atoms with Gasteiger partial charge in [-0.05, 0) is 35.4 Å². The largest absolute Gasteiger partial charge is 0.497 e. The number of nitriles is 1. The summed E-state index contributed by atoms with van der Waals surface area (Å²) in [5.74, 6) is -0.386. The average molecular weight is 319 g/mol. The van der Waals surface area contributed by atoms with E-state index in [-0.39, 0.29) is 5.69 Å². The molecule has 6 heteroatoms. The summed E-state index contributed by atoms with van der Waals surface area (Å²) >= 11 is 0. The number of carboxylic acids is 1. The van der Waals surface area contributed by atoms with Gasteiger partial charge in [-0.15, -0.1) is 0 Å². The predicted octanol–water partition coefficient (Wildman–Crippen LogP) is 3.12. The van der Waals surface area contributed by atoms with Crippen LogP contribution in [0.1, 0.15) is 16.1 Å². The van der Waals surface area contributed by atoms with Crippen molar-refractivity contribution in [1.29, 1.82) is 5.26 Å². The number of imidazole rings is 1. The summed E-state index contributed by atoms with van der Waals surface area (Å²) in [6.45, 7) is 0. The van der Waals surface area contributed by atoms with Gasteiger partial charge >= 0.3 is 5.97 Å². The van der Waals surface area contributed by atoms with Crippen LogP contribution in [-0.2, 0) is 0 Å². The summed E-state index contributed by atoms with van der Waals surface area (Å²) in [5.41, 5.74) is 2.74. The van der Waals surface area contributed by atoms with Crippen molar-refractivity contribution in [2.75, 3.05) is 7.11 Å². The predicted molar refractivity (Wildman–Crippen MR) is 87.2 cm³/mol. The number of rotatable bonds is 4. The van der Waals surface area contributed by atoms with Gasteiger partial charge < -0.3 is 14.4 Å². The number of ether oxygens (including phenoxy) is 1. The van der Waals surface area contributed by atoms with Crippen molar-refractivity contribution in [2.45, 2.75) is 0 Å². The first-order valence-electron chi connectivity index (χ1n) is 7.08. The van der Waals surface area contributed by atoms with Crippen molar-refractivity contribution in [3.63, 3.8) is 0 Å². The summed E-state index contributed by atoms with van der Waals surface area (Å²) < 4.78 is 6.79. The average Bonchev–Trinajstić information content (AvgIpc) is 3.11. The summed E-state index contributed by atoms with van der Waals surface area (Å²) in [6, 6.07) is 15.0. The molecule has 1 aromatic heterocycles. The molecule has 0 unspecified atom stereocenters. The third-order valence-corrected chi connectivity index (χ3v) is 3.60. The van der Waals surface area contributed by atoms with Crippen molar-refractivity contribution in [1.82, 2.24) is 9.55 Å². The second-order valence-corrected chi connectivity index (χ2v) is 5.04. The lowest BCUT2D eigenvalue weighted by atomic mass is 9.99. The smallest absolute Gasteiger partial charge is 0.356 e. The van der Waals surface area contributed by atoms with Gasteiger partial charge in [-0.2, -0.15) is 5.26 Å². The molecule has 0 saturated heterocycles. The molecule has 3 rings (SSSR count). The lowest BCUT2D eigenvalue weighted by Crippen LogP contribution is -1.96. The van der Waals surface area contributed by atoms with Crippen LogP contribution in [-0.4, -0.2) is 27.7 Å². The van der Waals surface area contributed by atoms with Gasteiger partial charge in [-0.25, -0.2) is 9.78 Å². The van der Waals surface area contributed by atoms with Crippen molar-refractivity contribution in [3.8, 4) is 28.6 Å². The Balaban J connectivity index is 2.04. The minimum absolute atomic E-state index is 0.0506. The zero-order valence-corrected chi connectivity index (χ0v) is 12.8. The Kier molecular flexibility index (Phi) is 4.00. The van der Waals surface area contributed by atoms with Crippen LogP contribution < -0.4 is 4.74 Å². The molecule has 0 saturated carbocycles. The van der Waals surface area contributed by atoms with Crippen LogP contribution in [0.15, 0.2) is 55.0 Å². The molecule has 0 atom stereocenters. The van der Waals surface area contributed by atoms with Crippen LogP contribution in [0.2, 0.25) is 0 Å². The number of hydrogen-bond donors (Lipinski definition) is 1. The molecule has 0 radical (unpaired) electrons. The molecule has 1 N–H and O–H groups in total. The van der Waals surface area contributed by atoms with Crippen molar-refractivity contribution < 1.29 is 14.6 Å². The summed E-state index contributed by atoms with van der Waals surface area (Å²) in [4.78, 5) is 14.7. The fourth-order valence-corrected chi connectivity index (χ4v) is 2.40. The lowest BCUT2D eigenvalue weighted by molar-refractivity contribution is 0.0691. The number of nitrogens with zero attached hydrogens (tertiary/aromatic N) is 3. The molecule has 6 nitrogen and oxygen atoms in total. The Bertz CT molecular complexity index is 954. The highest BCUT2D eigenvalue weighted by atomic mass is 16.5. The molecule has 0 fully saturated rings. The molecule has 0 spiro atoms. The minimum Gasteiger partial charge on any atom is -0.497 e. The molecule has 0 aliphatic rings. The van der Waals surface area contributed by atoms with Crippen LogP contribution in [0.5, 0.6) is 5.75 Å². The van der Waals surface area contributed by atoms with E-state index in [4.69, 9.17) is 9.84 Å². The van der Waals surface area contributed by atoms with E-state index in [1.807, 2.05) is 36.4 Å². The third-order valence-electron chi connectivity index (χ3n) is 3.60. The van der Waals surface area contributed by atoms with Crippen molar-refractivity contribution in [3.05, 3.63) is 66.2 Å². The molecule has 0 amide bonds. The quantitative estimate of drug-likeness (QED) is 0.798. The van der Waals surface area contributed by atoms with E-state index in [1.54, 1.807) is 17.7 Å². The van der Waals surface area contributed by atoms with Crippen LogP contribution in [0.3, 0.4) is 0 Å². The number of methoxy groups -OCH3 is 1. The van der Waals surface area contributed by atoms with Gasteiger partial charge in [0.2, 0.25) is 0 Å². The number of aromatic nitrogens is 2. The Morgan fingerprint density at radius 2 is 2.12 bits per heavy atom. The number of benzene rings is 2. The fourth-order valence-electron chi connectivity index (χ4n) is 2.40. The van der Waals surface area contributed by atoms with Gasteiger partial charge in [0.1, 0.15) is 12.1 Å². The molecule has 0 aliphatic carbocycles. The highest BCUT2D eigenvalue weighted by Crippen LogP contribution is 2.28. The van der Waals surface area contributed by atoms with E-state index in [0.29, 0.717) is 17.0 Å². The van der Waals surface area contributed by atoms with Crippen LogP contribution in [0.4, 0.5) is 0 Å². The van der Waals surface area contributed by atoms with E-state index < -0.39 is 5.97 Å². The topological polar surface area (TPSA) is 88.1 Å². The van der Waals surface area contributed by atoms with E-state index in [0.717, 1.165) is 11.1 Å². The molecule has 0 aliphatic heterocycles. The first kappa shape index (κ1) is 15.3. The van der Waals surface area contributed by atoms with Gasteiger partial charge in [-0.1, -0.05) is 18.2 Å². The standard InChI is InChI=1S/C18H13N3O3/c1-24-15-4-2-3-12(8-15)16-6-5-14(7-13(16)9-19)21-10-17(18(22)23)20-11-21/h2-8,10-11H,1H3,(H,22,23). The first-order chi connectivity index (χ1) is 11.6. The van der Waals surface area contributed by atoms with Crippen LogP contribution >= 0.6 is 0 Å². The highest BCUT2D eigenvalue weighted by molar-refractivity contribution is 5.85. The summed E-state index contributed by atoms with van der Waals surface area (Å²) in [7, 11) is 1.59. The first-order valence-corrected chi connectivity index (χ1v) is 7.08. The van der Waals surface area contributed by atoms with Crippen LogP contribution in [0.25, 0.3) is 16.8 Å². The van der Waals surface area contributed by atoms with Crippen LogP contribution in [0, 0.1) is 11.3 Å². The zero-order chi connectivity index (χ0) is 17.1. The highest BCUT2D eigenvalue weighted by Gasteiger charge is 2.11. The molecule has 2 aromatic carbocycles. The number of hydrogen-bond acceptors (Lipinski definition) is 4. The van der Waals surface area contributed by atoms with Gasteiger partial charge in [0.25, 0.3) is 0 Å². The fraction of sp³-hybridized carbons (Fsp3) is 0.0556. The van der Waals surface area contributed by atoms with Gasteiger partial charge in [0, 0.05) is 11.9 Å². The Labute approximate surface area is 138 Å². The monoisotopic (exact) mass is 319 g/mol. The Hall–Kier alpha value is -3.59. The maximum absolute atomic E-state index is 10.9. The number of carbonyl (C=O) groups is 1. The second-order valence-electron chi connectivity index (χ2n) is 5.04. The third kappa shape index (κ3) is 2.83. The molecule has 118 valence electrons. The molecule has 3 aromatic rings. The summed E-state index contributed by atoms with van der Waals surface area (Å²) in [6.07, 6.45) is 2.81. The van der Waals surface area contributed by atoms with E-state index in [2.05, 4.69) is 11.1 Å². The Morgan fingerprint density at radius 1 is 1.29 bits per heavy atom. The maximum Gasteiger partial charge on any atom is 0.356 e. The maximum atomic E-state index is 10.9. The second kappa shape index (κ2) is 6.26. The molecule has 1 heterocycles. The molecule has 24 heavy (non-hydrogen) atoms. The molecule has 0 bridgehead atoms. The summed E-state index contributed by atoms with van der Waals surface area (Å²) in [5, 5.41) is 18.4. The normalized spacial score (nSPS) is 10.2. The SMILES string of the molecule is COc1cccc(-c2ccc(-n3cnc(C(=O)O)c3)cc2C#N)c1.